The number of alkyl halides is 4. The van der Waals surface area contributed by atoms with E-state index in [2.05, 4.69) is 20.7 Å². The first kappa shape index (κ1) is 29.6. The van der Waals surface area contributed by atoms with Gasteiger partial charge in [-0.15, -0.1) is 0 Å². The average Bonchev–Trinajstić information content (AvgIpc) is 3.42. The standard InChI is InChI=1S/C24H34F4N4O6/c1-23(25,26)8-7-15(18(33)20(35)29-2)30-19(34)17-14-6-4-5-12(14)11-32(17)21(36)16(31-22(37)38-3)13-9-24(27,28)10-13/h12-17H,4-11H2,1-3H3,(H,29,35)(H,30,34)(H,31,37)/t12-,14-,15-,16?,17-/m0/s1. The van der Waals surface area contributed by atoms with Crippen LogP contribution >= 0.6 is 0 Å². The second-order valence-corrected chi connectivity index (χ2v) is 10.5. The SMILES string of the molecule is CNC(=O)C(=O)[C@H](CCC(C)(F)F)NC(=O)[C@@H]1[C@H]2CCC[C@H]2CN1C(=O)C(NC(=O)OC)C1CC(F)(F)C1. The van der Waals surface area contributed by atoms with Crippen molar-refractivity contribution in [1.29, 1.82) is 0 Å². The van der Waals surface area contributed by atoms with Gasteiger partial charge in [-0.1, -0.05) is 6.42 Å². The number of likely N-dealkylation sites (N-methyl/N-ethyl adjacent to an activating group) is 1. The molecule has 3 rings (SSSR count). The summed E-state index contributed by atoms with van der Waals surface area (Å²) in [6.45, 7) is 0.778. The number of halogens is 4. The van der Waals surface area contributed by atoms with E-state index in [0.29, 0.717) is 19.8 Å². The number of hydrogen-bond acceptors (Lipinski definition) is 6. The third-order valence-corrected chi connectivity index (χ3v) is 7.72. The number of ether oxygens (including phenoxy) is 1. The van der Waals surface area contributed by atoms with Gasteiger partial charge in [-0.25, -0.2) is 22.4 Å². The zero-order chi connectivity index (χ0) is 28.4. The topological polar surface area (TPSA) is 134 Å². The maximum absolute atomic E-state index is 13.6. The highest BCUT2D eigenvalue weighted by Gasteiger charge is 2.55. The van der Waals surface area contributed by atoms with E-state index >= 15 is 0 Å². The number of carbonyl (C=O) groups is 5. The minimum atomic E-state index is -3.16. The lowest BCUT2D eigenvalue weighted by Gasteiger charge is -2.41. The molecule has 0 aromatic heterocycles. The highest BCUT2D eigenvalue weighted by Crippen LogP contribution is 2.46. The van der Waals surface area contributed by atoms with Crippen LogP contribution in [0.5, 0.6) is 0 Å². The van der Waals surface area contributed by atoms with Gasteiger partial charge in [-0.2, -0.15) is 0 Å². The molecule has 5 atom stereocenters. The summed E-state index contributed by atoms with van der Waals surface area (Å²) >= 11 is 0. The fourth-order valence-electron chi connectivity index (χ4n) is 5.76. The van der Waals surface area contributed by atoms with Crippen LogP contribution in [0.2, 0.25) is 0 Å². The van der Waals surface area contributed by atoms with E-state index < -0.39 is 91.2 Å². The highest BCUT2D eigenvalue weighted by molar-refractivity contribution is 6.38. The Morgan fingerprint density at radius 3 is 2.32 bits per heavy atom. The number of nitrogens with one attached hydrogen (secondary N) is 3. The van der Waals surface area contributed by atoms with Gasteiger partial charge in [0.15, 0.2) is 0 Å². The van der Waals surface area contributed by atoms with Crippen molar-refractivity contribution >= 4 is 29.6 Å². The normalized spacial score (nSPS) is 26.0. The molecule has 1 unspecified atom stereocenters. The zero-order valence-corrected chi connectivity index (χ0v) is 21.5. The van der Waals surface area contributed by atoms with E-state index in [4.69, 9.17) is 0 Å². The molecule has 0 spiro atoms. The number of carbonyl (C=O) groups excluding carboxylic acids is 5. The summed E-state index contributed by atoms with van der Waals surface area (Å²) in [6, 6.07) is -4.04. The summed E-state index contributed by atoms with van der Waals surface area (Å²) in [7, 11) is 2.25. The molecule has 214 valence electrons. The molecule has 1 saturated heterocycles. The molecular weight excluding hydrogens is 516 g/mol. The van der Waals surface area contributed by atoms with Crippen molar-refractivity contribution in [3.05, 3.63) is 0 Å². The molecule has 0 aromatic rings. The Morgan fingerprint density at radius 1 is 1.11 bits per heavy atom. The number of methoxy groups -OCH3 is 1. The van der Waals surface area contributed by atoms with Gasteiger partial charge in [0.2, 0.25) is 29.4 Å². The lowest BCUT2D eigenvalue weighted by atomic mass is 9.76. The van der Waals surface area contributed by atoms with Crippen LogP contribution in [0.1, 0.15) is 51.9 Å². The van der Waals surface area contributed by atoms with Crippen molar-refractivity contribution in [1.82, 2.24) is 20.9 Å². The van der Waals surface area contributed by atoms with Crippen molar-refractivity contribution in [3.63, 3.8) is 0 Å². The molecule has 2 saturated carbocycles. The van der Waals surface area contributed by atoms with Crippen LogP contribution in [-0.2, 0) is 23.9 Å². The molecule has 3 fully saturated rings. The van der Waals surface area contributed by atoms with Crippen LogP contribution in [0.15, 0.2) is 0 Å². The summed E-state index contributed by atoms with van der Waals surface area (Å²) < 4.78 is 58.9. The highest BCUT2D eigenvalue weighted by atomic mass is 19.3. The number of ketones is 1. The summed E-state index contributed by atoms with van der Waals surface area (Å²) in [4.78, 5) is 64.8. The monoisotopic (exact) mass is 550 g/mol. The molecular formula is C24H34F4N4O6. The van der Waals surface area contributed by atoms with E-state index in [-0.39, 0.29) is 18.4 Å². The van der Waals surface area contributed by atoms with Crippen LogP contribution in [0, 0.1) is 17.8 Å². The van der Waals surface area contributed by atoms with Crippen molar-refractivity contribution in [2.45, 2.75) is 81.8 Å². The van der Waals surface area contributed by atoms with Crippen LogP contribution in [-0.4, -0.2) is 85.2 Å². The van der Waals surface area contributed by atoms with Crippen molar-refractivity contribution in [3.8, 4) is 0 Å². The number of hydrogen-bond donors (Lipinski definition) is 3. The molecule has 10 nitrogen and oxygen atoms in total. The molecule has 2 aliphatic carbocycles. The zero-order valence-electron chi connectivity index (χ0n) is 21.5. The van der Waals surface area contributed by atoms with E-state index in [1.54, 1.807) is 0 Å². The van der Waals surface area contributed by atoms with Crippen LogP contribution < -0.4 is 16.0 Å². The van der Waals surface area contributed by atoms with Gasteiger partial charge in [0, 0.05) is 32.9 Å². The predicted octanol–water partition coefficient (Wildman–Crippen LogP) is 1.62. The first-order valence-corrected chi connectivity index (χ1v) is 12.6. The third kappa shape index (κ3) is 6.73. The maximum Gasteiger partial charge on any atom is 0.407 e. The Balaban J connectivity index is 1.84. The average molecular weight is 551 g/mol. The number of fused-ring (bicyclic) bond motifs is 1. The lowest BCUT2D eigenvalue weighted by Crippen LogP contribution is -2.61. The molecule has 0 aromatic carbocycles. The van der Waals surface area contributed by atoms with Gasteiger partial charge in [0.1, 0.15) is 12.1 Å². The fourth-order valence-corrected chi connectivity index (χ4v) is 5.76. The first-order valence-electron chi connectivity index (χ1n) is 12.6. The smallest absolute Gasteiger partial charge is 0.407 e. The number of amides is 4. The minimum absolute atomic E-state index is 0.0793. The van der Waals surface area contributed by atoms with Gasteiger partial charge in [-0.05, 0) is 43.9 Å². The number of likely N-dealkylation sites (tertiary alicyclic amines) is 1. The molecule has 0 bridgehead atoms. The van der Waals surface area contributed by atoms with E-state index in [0.717, 1.165) is 13.5 Å². The van der Waals surface area contributed by atoms with E-state index in [9.17, 15) is 41.5 Å². The third-order valence-electron chi connectivity index (χ3n) is 7.72. The Kier molecular flexibility index (Phi) is 8.92. The Labute approximate surface area is 217 Å². The van der Waals surface area contributed by atoms with Gasteiger partial charge in [-0.3, -0.25) is 19.2 Å². The molecule has 14 heteroatoms. The summed E-state index contributed by atoms with van der Waals surface area (Å²) in [6.07, 6.45) is -1.47. The number of Topliss-reactive ketones (excluding diaryl/α,β-unsaturated/α-hetero) is 1. The summed E-state index contributed by atoms with van der Waals surface area (Å²) in [5.41, 5.74) is 0. The molecule has 3 N–H and O–H groups in total. The summed E-state index contributed by atoms with van der Waals surface area (Å²) in [5.74, 6) is -11.1. The molecule has 4 amide bonds. The van der Waals surface area contributed by atoms with Crippen molar-refractivity contribution in [2.75, 3.05) is 20.7 Å². The van der Waals surface area contributed by atoms with Gasteiger partial charge in [0.05, 0.1) is 13.2 Å². The number of rotatable bonds is 10. The van der Waals surface area contributed by atoms with Gasteiger partial charge in [0.25, 0.3) is 5.91 Å². The quantitative estimate of drug-likeness (QED) is 0.280. The predicted molar refractivity (Wildman–Crippen MR) is 124 cm³/mol. The van der Waals surface area contributed by atoms with Crippen molar-refractivity contribution in [2.24, 2.45) is 17.8 Å². The maximum atomic E-state index is 13.6. The number of nitrogens with zero attached hydrogens (tertiary/aromatic N) is 1. The Hall–Kier alpha value is -2.93. The Bertz CT molecular complexity index is 951. The molecule has 0 radical (unpaired) electrons. The number of alkyl carbamates (subject to hydrolysis) is 1. The van der Waals surface area contributed by atoms with Gasteiger partial charge < -0.3 is 25.6 Å². The molecule has 38 heavy (non-hydrogen) atoms. The largest absolute Gasteiger partial charge is 0.453 e. The van der Waals surface area contributed by atoms with E-state index in [1.807, 2.05) is 0 Å². The minimum Gasteiger partial charge on any atom is -0.453 e. The second-order valence-electron chi connectivity index (χ2n) is 10.5. The second kappa shape index (κ2) is 11.4. The Morgan fingerprint density at radius 2 is 1.76 bits per heavy atom. The molecule has 1 aliphatic heterocycles. The van der Waals surface area contributed by atoms with Crippen LogP contribution in [0.3, 0.4) is 0 Å². The molecule has 1 heterocycles. The van der Waals surface area contributed by atoms with Crippen LogP contribution in [0.25, 0.3) is 0 Å². The molecule has 3 aliphatic rings. The first-order chi connectivity index (χ1) is 17.7. The fraction of sp³-hybridized carbons (Fsp3) is 0.792. The van der Waals surface area contributed by atoms with Crippen molar-refractivity contribution < 1.29 is 46.3 Å². The van der Waals surface area contributed by atoms with E-state index in [1.165, 1.54) is 11.9 Å². The lowest BCUT2D eigenvalue weighted by molar-refractivity contribution is -0.152. The van der Waals surface area contributed by atoms with Crippen LogP contribution in [0.4, 0.5) is 22.4 Å². The van der Waals surface area contributed by atoms with Gasteiger partial charge >= 0.3 is 6.09 Å². The summed E-state index contributed by atoms with van der Waals surface area (Å²) in [5, 5.41) is 6.83.